The number of hydrogen-bond acceptors (Lipinski definition) is 4. The first-order valence-corrected chi connectivity index (χ1v) is 9.69. The zero-order valence-corrected chi connectivity index (χ0v) is 19.3. The molecule has 3 rings (SSSR count). The first-order valence-electron chi connectivity index (χ1n) is 9.69. The van der Waals surface area contributed by atoms with Crippen molar-refractivity contribution in [1.82, 2.24) is 20.9 Å². The Morgan fingerprint density at radius 1 is 1.13 bits per heavy atom. The van der Waals surface area contributed by atoms with Crippen molar-refractivity contribution in [3.63, 3.8) is 0 Å². The molecule has 0 aliphatic carbocycles. The molecule has 8 nitrogen and oxygen atoms in total. The van der Waals surface area contributed by atoms with Crippen LogP contribution in [0.25, 0.3) is 0 Å². The summed E-state index contributed by atoms with van der Waals surface area (Å²) < 4.78 is 0. The number of halogens is 1. The standard InChI is InChI=1S/C21H26N6O2.HI/c1-22-21(25-12-11-24-20(29)17-4-2-10-23-15-17)26-14-16-6-8-18(9-7-16)27-13-3-5-19(27)28;/h2,4,6-10,15H,3,5,11-14H2,1H3,(H,24,29)(H2,22,25,26);1H. The minimum absolute atomic E-state index is 0. The zero-order chi connectivity index (χ0) is 20.5. The van der Waals surface area contributed by atoms with E-state index in [0.29, 0.717) is 37.6 Å². The molecule has 1 saturated heterocycles. The molecule has 0 unspecified atom stereocenters. The average Bonchev–Trinajstić information content (AvgIpc) is 3.20. The summed E-state index contributed by atoms with van der Waals surface area (Å²) in [4.78, 5) is 33.7. The number of aliphatic imine (C=N–C) groups is 1. The number of guanidine groups is 1. The van der Waals surface area contributed by atoms with Gasteiger partial charge in [0.2, 0.25) is 5.91 Å². The SMILES string of the molecule is CN=C(NCCNC(=O)c1cccnc1)NCc1ccc(N2CCCC2=O)cc1.I. The number of nitrogens with one attached hydrogen (secondary N) is 3. The second-order valence-electron chi connectivity index (χ2n) is 6.67. The molecule has 0 bridgehead atoms. The molecule has 160 valence electrons. The van der Waals surface area contributed by atoms with Crippen LogP contribution in [0.5, 0.6) is 0 Å². The van der Waals surface area contributed by atoms with Crippen LogP contribution >= 0.6 is 24.0 Å². The molecule has 0 spiro atoms. The maximum atomic E-state index is 12.0. The Kier molecular flexibility index (Phi) is 9.52. The topological polar surface area (TPSA) is 98.7 Å². The highest BCUT2D eigenvalue weighted by molar-refractivity contribution is 14.0. The molecule has 1 aliphatic heterocycles. The Bertz CT molecular complexity index is 858. The number of rotatable bonds is 7. The lowest BCUT2D eigenvalue weighted by atomic mass is 10.2. The Morgan fingerprint density at radius 3 is 2.53 bits per heavy atom. The van der Waals surface area contributed by atoms with Crippen LogP contribution in [0.4, 0.5) is 5.69 Å². The summed E-state index contributed by atoms with van der Waals surface area (Å²) in [5, 5.41) is 9.24. The predicted octanol–water partition coefficient (Wildman–Crippen LogP) is 1.92. The normalized spacial score (nSPS) is 13.6. The second-order valence-corrected chi connectivity index (χ2v) is 6.67. The van der Waals surface area contributed by atoms with E-state index < -0.39 is 0 Å². The van der Waals surface area contributed by atoms with Gasteiger partial charge in [-0.2, -0.15) is 0 Å². The Labute approximate surface area is 193 Å². The summed E-state index contributed by atoms with van der Waals surface area (Å²) in [5.74, 6) is 0.690. The number of anilines is 1. The van der Waals surface area contributed by atoms with Crippen LogP contribution in [0.2, 0.25) is 0 Å². The largest absolute Gasteiger partial charge is 0.355 e. The van der Waals surface area contributed by atoms with Crippen LogP contribution in [0.15, 0.2) is 53.8 Å². The fourth-order valence-electron chi connectivity index (χ4n) is 3.08. The molecule has 0 saturated carbocycles. The predicted molar refractivity (Wildman–Crippen MR) is 128 cm³/mol. The van der Waals surface area contributed by atoms with Crippen molar-refractivity contribution in [2.24, 2.45) is 4.99 Å². The number of carbonyl (C=O) groups is 2. The smallest absolute Gasteiger partial charge is 0.252 e. The molecule has 3 N–H and O–H groups in total. The van der Waals surface area contributed by atoms with E-state index in [1.165, 1.54) is 6.20 Å². The van der Waals surface area contributed by atoms with Crippen molar-refractivity contribution >= 4 is 47.4 Å². The molecule has 0 radical (unpaired) electrons. The molecular formula is C21H27IN6O2. The van der Waals surface area contributed by atoms with Gasteiger partial charge in [-0.1, -0.05) is 12.1 Å². The maximum absolute atomic E-state index is 12.0. The highest BCUT2D eigenvalue weighted by atomic mass is 127. The molecular weight excluding hydrogens is 495 g/mol. The molecule has 2 amide bonds. The van der Waals surface area contributed by atoms with Gasteiger partial charge in [-0.05, 0) is 36.2 Å². The van der Waals surface area contributed by atoms with Gasteiger partial charge in [0.25, 0.3) is 5.91 Å². The van der Waals surface area contributed by atoms with Crippen molar-refractivity contribution < 1.29 is 9.59 Å². The van der Waals surface area contributed by atoms with Gasteiger partial charge in [-0.25, -0.2) is 0 Å². The minimum Gasteiger partial charge on any atom is -0.355 e. The molecule has 0 atom stereocenters. The lowest BCUT2D eigenvalue weighted by molar-refractivity contribution is -0.117. The van der Waals surface area contributed by atoms with Gasteiger partial charge < -0.3 is 20.9 Å². The van der Waals surface area contributed by atoms with E-state index in [4.69, 9.17) is 0 Å². The fraction of sp³-hybridized carbons (Fsp3) is 0.333. The van der Waals surface area contributed by atoms with Crippen LogP contribution in [0.3, 0.4) is 0 Å². The van der Waals surface area contributed by atoms with E-state index in [1.54, 1.807) is 25.4 Å². The number of hydrogen-bond donors (Lipinski definition) is 3. The number of pyridine rings is 1. The van der Waals surface area contributed by atoms with Crippen molar-refractivity contribution in [3.8, 4) is 0 Å². The van der Waals surface area contributed by atoms with Crippen molar-refractivity contribution in [2.45, 2.75) is 19.4 Å². The van der Waals surface area contributed by atoms with E-state index >= 15 is 0 Å². The van der Waals surface area contributed by atoms with Crippen LogP contribution in [-0.2, 0) is 11.3 Å². The minimum atomic E-state index is -0.153. The van der Waals surface area contributed by atoms with Crippen molar-refractivity contribution in [3.05, 3.63) is 59.9 Å². The average molecular weight is 522 g/mol. The molecule has 2 heterocycles. The number of benzene rings is 1. The fourth-order valence-corrected chi connectivity index (χ4v) is 3.08. The number of carbonyl (C=O) groups excluding carboxylic acids is 2. The molecule has 1 aliphatic rings. The first kappa shape index (κ1) is 23.6. The number of nitrogens with zero attached hydrogens (tertiary/aromatic N) is 3. The van der Waals surface area contributed by atoms with Gasteiger partial charge in [0.1, 0.15) is 0 Å². The molecule has 1 aromatic heterocycles. The van der Waals surface area contributed by atoms with Crippen LogP contribution < -0.4 is 20.9 Å². The molecule has 1 aromatic carbocycles. The number of aromatic nitrogens is 1. The van der Waals surface area contributed by atoms with E-state index in [2.05, 4.69) is 25.9 Å². The van der Waals surface area contributed by atoms with Gasteiger partial charge in [0.15, 0.2) is 5.96 Å². The summed E-state index contributed by atoms with van der Waals surface area (Å²) in [6, 6.07) is 11.4. The van der Waals surface area contributed by atoms with E-state index in [0.717, 1.165) is 24.2 Å². The van der Waals surface area contributed by atoms with Gasteiger partial charge in [0.05, 0.1) is 5.56 Å². The summed E-state index contributed by atoms with van der Waals surface area (Å²) in [7, 11) is 1.70. The van der Waals surface area contributed by atoms with Gasteiger partial charge >= 0.3 is 0 Å². The molecule has 2 aromatic rings. The van der Waals surface area contributed by atoms with Gasteiger partial charge in [0, 0.05) is 57.7 Å². The van der Waals surface area contributed by atoms with Crippen LogP contribution in [-0.4, -0.2) is 49.4 Å². The summed E-state index contributed by atoms with van der Waals surface area (Å²) in [6.07, 6.45) is 4.72. The zero-order valence-electron chi connectivity index (χ0n) is 16.9. The monoisotopic (exact) mass is 522 g/mol. The lowest BCUT2D eigenvalue weighted by Gasteiger charge is -2.16. The first-order chi connectivity index (χ1) is 14.2. The Hall–Kier alpha value is -2.69. The second kappa shape index (κ2) is 12.1. The van der Waals surface area contributed by atoms with E-state index in [1.807, 2.05) is 29.2 Å². The third-order valence-corrected chi connectivity index (χ3v) is 4.63. The Balaban J connectivity index is 0.00000320. The maximum Gasteiger partial charge on any atom is 0.252 e. The molecule has 1 fully saturated rings. The van der Waals surface area contributed by atoms with Crippen LogP contribution in [0.1, 0.15) is 28.8 Å². The van der Waals surface area contributed by atoms with Crippen LogP contribution in [0, 0.1) is 0 Å². The quantitative estimate of drug-likeness (QED) is 0.224. The van der Waals surface area contributed by atoms with Gasteiger partial charge in [-0.3, -0.25) is 19.6 Å². The lowest BCUT2D eigenvalue weighted by Crippen LogP contribution is -2.41. The summed E-state index contributed by atoms with van der Waals surface area (Å²) >= 11 is 0. The van der Waals surface area contributed by atoms with Crippen molar-refractivity contribution in [1.29, 1.82) is 0 Å². The highest BCUT2D eigenvalue weighted by Gasteiger charge is 2.21. The highest BCUT2D eigenvalue weighted by Crippen LogP contribution is 2.21. The summed E-state index contributed by atoms with van der Waals surface area (Å²) in [5.41, 5.74) is 2.57. The van der Waals surface area contributed by atoms with E-state index in [-0.39, 0.29) is 35.8 Å². The van der Waals surface area contributed by atoms with Crippen molar-refractivity contribution in [2.75, 3.05) is 31.6 Å². The molecule has 9 heteroatoms. The summed E-state index contributed by atoms with van der Waals surface area (Å²) in [6.45, 7) is 2.41. The third kappa shape index (κ3) is 6.68. The van der Waals surface area contributed by atoms with Gasteiger partial charge in [-0.15, -0.1) is 24.0 Å². The van der Waals surface area contributed by atoms with E-state index in [9.17, 15) is 9.59 Å². The Morgan fingerprint density at radius 2 is 1.90 bits per heavy atom. The third-order valence-electron chi connectivity index (χ3n) is 4.63. The number of amides is 2. The molecule has 30 heavy (non-hydrogen) atoms.